The van der Waals surface area contributed by atoms with Crippen LogP contribution in [0.4, 0.5) is 0 Å². The highest BCUT2D eigenvalue weighted by atomic mass is 32.1. The molecule has 0 atom stereocenters. The second kappa shape index (κ2) is 12.4. The number of fused-ring (bicyclic) bond motifs is 3. The van der Waals surface area contributed by atoms with E-state index in [0.717, 1.165) is 67.2 Å². The maximum Gasteiger partial charge on any atom is 0.106 e. The monoisotopic (exact) mass is 644 g/mol. The predicted molar refractivity (Wildman–Crippen MR) is 203 cm³/mol. The van der Waals surface area contributed by atoms with Gasteiger partial charge in [0.2, 0.25) is 0 Å². The van der Waals surface area contributed by atoms with Crippen LogP contribution in [0.1, 0.15) is 0 Å². The largest absolute Gasteiger partial charge is 0.256 e. The number of hydrogen-bond donors (Lipinski definition) is 0. The second-order valence-electron chi connectivity index (χ2n) is 11.9. The minimum Gasteiger partial charge on any atom is -0.256 e. The molecule has 0 unspecified atom stereocenters. The van der Waals surface area contributed by atoms with Gasteiger partial charge in [-0.3, -0.25) is 4.98 Å². The molecule has 6 aromatic carbocycles. The van der Waals surface area contributed by atoms with Crippen LogP contribution in [0.3, 0.4) is 0 Å². The highest BCUT2D eigenvalue weighted by Crippen LogP contribution is 2.50. The zero-order valence-electron chi connectivity index (χ0n) is 26.4. The van der Waals surface area contributed by atoms with E-state index in [1.807, 2.05) is 47.9 Å². The smallest absolute Gasteiger partial charge is 0.106 e. The van der Waals surface area contributed by atoms with Gasteiger partial charge in [-0.1, -0.05) is 140 Å². The van der Waals surface area contributed by atoms with E-state index in [0.29, 0.717) is 0 Å². The van der Waals surface area contributed by atoms with E-state index in [-0.39, 0.29) is 0 Å². The van der Waals surface area contributed by atoms with E-state index >= 15 is 0 Å². The van der Waals surface area contributed by atoms with Crippen molar-refractivity contribution < 1.29 is 0 Å². The summed E-state index contributed by atoms with van der Waals surface area (Å²) in [6.07, 6.45) is 1.87. The molecule has 0 aliphatic carbocycles. The first kappa shape index (κ1) is 28.9. The Morgan fingerprint density at radius 1 is 0.388 bits per heavy atom. The summed E-state index contributed by atoms with van der Waals surface area (Å²) in [7, 11) is 0. The number of benzene rings is 6. The van der Waals surface area contributed by atoms with Gasteiger partial charge in [0.05, 0.1) is 5.69 Å². The van der Waals surface area contributed by atoms with E-state index < -0.39 is 0 Å². The fourth-order valence-electron chi connectivity index (χ4n) is 6.88. The van der Waals surface area contributed by atoms with Crippen molar-refractivity contribution in [3.05, 3.63) is 170 Å². The molecule has 3 heterocycles. The van der Waals surface area contributed by atoms with Crippen LogP contribution in [0.25, 0.3) is 87.3 Å². The third-order valence-corrected chi connectivity index (χ3v) is 10.1. The SMILES string of the molecule is c1ccc(-c2cccc(-c3c(-c4ccccn4)ccc4sc5ccccc5c34)c2-c2nnnc(-c3ccccc3)c2-c2ccccc2)cc1. The molecule has 3 aromatic heterocycles. The summed E-state index contributed by atoms with van der Waals surface area (Å²) < 4.78 is 2.47. The molecule has 0 radical (unpaired) electrons. The van der Waals surface area contributed by atoms with Crippen LogP contribution in [-0.2, 0) is 0 Å². The van der Waals surface area contributed by atoms with Gasteiger partial charge in [0.1, 0.15) is 11.4 Å². The van der Waals surface area contributed by atoms with Gasteiger partial charge in [-0.05, 0) is 51.7 Å². The third-order valence-electron chi connectivity index (χ3n) is 9.01. The molecule has 0 spiro atoms. The number of nitrogens with zero attached hydrogens (tertiary/aromatic N) is 4. The van der Waals surface area contributed by atoms with Crippen LogP contribution >= 0.6 is 11.3 Å². The fourth-order valence-corrected chi connectivity index (χ4v) is 8.00. The zero-order valence-corrected chi connectivity index (χ0v) is 27.2. The fraction of sp³-hybridized carbons (Fsp3) is 0. The number of pyridine rings is 1. The number of aromatic nitrogens is 4. The Balaban J connectivity index is 1.47. The first-order chi connectivity index (χ1) is 24.3. The highest BCUT2D eigenvalue weighted by molar-refractivity contribution is 7.26. The Morgan fingerprint density at radius 3 is 1.80 bits per heavy atom. The van der Waals surface area contributed by atoms with Gasteiger partial charge in [0.15, 0.2) is 0 Å². The maximum atomic E-state index is 4.94. The van der Waals surface area contributed by atoms with Gasteiger partial charge in [-0.15, -0.1) is 21.5 Å². The average Bonchev–Trinajstić information content (AvgIpc) is 3.57. The van der Waals surface area contributed by atoms with E-state index in [1.54, 1.807) is 0 Å². The van der Waals surface area contributed by atoms with E-state index in [9.17, 15) is 0 Å². The van der Waals surface area contributed by atoms with Gasteiger partial charge >= 0.3 is 0 Å². The summed E-state index contributed by atoms with van der Waals surface area (Å²) in [5.74, 6) is 0. The molecule has 0 saturated heterocycles. The summed E-state index contributed by atoms with van der Waals surface area (Å²) in [5, 5.41) is 16.5. The van der Waals surface area contributed by atoms with Crippen molar-refractivity contribution >= 4 is 31.5 Å². The summed E-state index contributed by atoms with van der Waals surface area (Å²) in [6.45, 7) is 0. The van der Waals surface area contributed by atoms with E-state index in [4.69, 9.17) is 15.2 Å². The first-order valence-electron chi connectivity index (χ1n) is 16.2. The molecule has 0 fully saturated rings. The van der Waals surface area contributed by atoms with Crippen molar-refractivity contribution in [3.8, 4) is 67.2 Å². The number of hydrogen-bond acceptors (Lipinski definition) is 5. The number of thiophene rings is 1. The normalized spacial score (nSPS) is 11.3. The van der Waals surface area contributed by atoms with Gasteiger partial charge < -0.3 is 0 Å². The molecule has 0 N–H and O–H groups in total. The summed E-state index contributed by atoms with van der Waals surface area (Å²) in [4.78, 5) is 4.87. The van der Waals surface area contributed by atoms with Crippen LogP contribution in [-0.4, -0.2) is 20.4 Å². The van der Waals surface area contributed by atoms with Crippen LogP contribution in [0.15, 0.2) is 170 Å². The van der Waals surface area contributed by atoms with Crippen molar-refractivity contribution in [1.29, 1.82) is 0 Å². The van der Waals surface area contributed by atoms with Gasteiger partial charge in [0, 0.05) is 54.2 Å². The average molecular weight is 645 g/mol. The highest BCUT2D eigenvalue weighted by Gasteiger charge is 2.26. The Hall–Kier alpha value is -6.30. The minimum atomic E-state index is 0.776. The van der Waals surface area contributed by atoms with Gasteiger partial charge in [-0.25, -0.2) is 0 Å². The van der Waals surface area contributed by atoms with Crippen molar-refractivity contribution in [2.45, 2.75) is 0 Å². The molecule has 9 rings (SSSR count). The lowest BCUT2D eigenvalue weighted by Crippen LogP contribution is -2.03. The van der Waals surface area contributed by atoms with Crippen LogP contribution in [0, 0.1) is 0 Å². The molecule has 0 saturated carbocycles. The van der Waals surface area contributed by atoms with E-state index in [2.05, 4.69) is 139 Å². The molecule has 0 aliphatic rings. The summed E-state index contributed by atoms with van der Waals surface area (Å²) in [5.41, 5.74) is 11.8. The molecule has 0 aliphatic heterocycles. The molecule has 230 valence electrons. The third kappa shape index (κ3) is 5.08. The predicted octanol–water partition coefficient (Wildman–Crippen LogP) is 11.6. The zero-order chi connectivity index (χ0) is 32.6. The standard InChI is InChI=1S/C44H28N4S/c1-4-15-29(16-5-1)32-22-14-23-35(40-33(36-24-12-13-28-45-36)26-27-38-42(40)34-21-10-11-25-37(34)49-38)41(32)44-39(30-17-6-2-7-18-30)43(46-48-47-44)31-19-8-3-9-20-31/h1-28H. The van der Waals surface area contributed by atoms with Crippen LogP contribution < -0.4 is 0 Å². The molecule has 5 heteroatoms. The Morgan fingerprint density at radius 2 is 1.04 bits per heavy atom. The number of rotatable bonds is 6. The van der Waals surface area contributed by atoms with Crippen LogP contribution in [0.5, 0.6) is 0 Å². The first-order valence-corrected chi connectivity index (χ1v) is 17.1. The Labute approximate surface area is 288 Å². The lowest BCUT2D eigenvalue weighted by atomic mass is 9.83. The molecular weight excluding hydrogens is 617 g/mol. The van der Waals surface area contributed by atoms with Crippen molar-refractivity contribution in [2.75, 3.05) is 0 Å². The van der Waals surface area contributed by atoms with E-state index in [1.165, 1.54) is 20.2 Å². The Bertz CT molecular complexity index is 2580. The van der Waals surface area contributed by atoms with Crippen molar-refractivity contribution in [1.82, 2.24) is 20.4 Å². The second-order valence-corrected chi connectivity index (χ2v) is 12.9. The maximum absolute atomic E-state index is 4.94. The lowest BCUT2D eigenvalue weighted by molar-refractivity contribution is 0.879. The topological polar surface area (TPSA) is 51.6 Å². The molecule has 4 nitrogen and oxygen atoms in total. The van der Waals surface area contributed by atoms with Crippen molar-refractivity contribution in [2.24, 2.45) is 0 Å². The molecule has 0 amide bonds. The molecule has 49 heavy (non-hydrogen) atoms. The van der Waals surface area contributed by atoms with Gasteiger partial charge in [0.25, 0.3) is 0 Å². The van der Waals surface area contributed by atoms with Gasteiger partial charge in [-0.2, -0.15) is 0 Å². The van der Waals surface area contributed by atoms with Crippen LogP contribution in [0.2, 0.25) is 0 Å². The minimum absolute atomic E-state index is 0.776. The summed E-state index contributed by atoms with van der Waals surface area (Å²) >= 11 is 1.82. The molecular formula is C44H28N4S. The summed E-state index contributed by atoms with van der Waals surface area (Å²) in [6, 6.07) is 57.1. The Kier molecular flexibility index (Phi) is 7.30. The quantitative estimate of drug-likeness (QED) is 0.181. The molecule has 0 bridgehead atoms. The van der Waals surface area contributed by atoms with Crippen molar-refractivity contribution in [3.63, 3.8) is 0 Å². The molecule has 9 aromatic rings. The lowest BCUT2D eigenvalue weighted by Gasteiger charge is -2.21.